The van der Waals surface area contributed by atoms with Crippen LogP contribution in [0.15, 0.2) is 54.6 Å². The van der Waals surface area contributed by atoms with Gasteiger partial charge in [-0.05, 0) is 11.6 Å². The molecule has 1 N–H and O–H groups in total. The summed E-state index contributed by atoms with van der Waals surface area (Å²) < 4.78 is 26.2. The van der Waals surface area contributed by atoms with Crippen molar-refractivity contribution in [2.45, 2.75) is 5.75 Å². The van der Waals surface area contributed by atoms with Crippen molar-refractivity contribution in [3.8, 4) is 0 Å². The van der Waals surface area contributed by atoms with Gasteiger partial charge >= 0.3 is 0 Å². The quantitative estimate of drug-likeness (QED) is 0.900. The molecule has 0 aromatic heterocycles. The summed E-state index contributed by atoms with van der Waals surface area (Å²) in [6, 6.07) is 18.8. The third-order valence-corrected chi connectivity index (χ3v) is 3.42. The van der Waals surface area contributed by atoms with Crippen LogP contribution < -0.4 is 4.72 Å². The predicted octanol–water partition coefficient (Wildman–Crippen LogP) is 2.43. The third kappa shape index (κ3) is 3.60. The first-order valence-corrected chi connectivity index (χ1v) is 6.82. The molecule has 0 saturated carbocycles. The molecule has 0 saturated heterocycles. The number of sulfonamides is 1. The van der Waals surface area contributed by atoms with Crippen LogP contribution in [0.2, 0.25) is 0 Å². The summed E-state index contributed by atoms with van der Waals surface area (Å²) in [4.78, 5) is 0. The molecule has 17 heavy (non-hydrogen) atoms. The number of rotatable bonds is 4. The van der Waals surface area contributed by atoms with Gasteiger partial charge in [0.05, 0.1) is 11.4 Å². The van der Waals surface area contributed by atoms with Crippen molar-refractivity contribution in [2.75, 3.05) is 4.72 Å². The third-order valence-electron chi connectivity index (χ3n) is 2.17. The fourth-order valence-corrected chi connectivity index (χ4v) is 2.62. The van der Waals surface area contributed by atoms with E-state index in [1.165, 1.54) is 0 Å². The molecule has 0 unspecified atom stereocenters. The Morgan fingerprint density at radius 3 is 2.35 bits per heavy atom. The van der Waals surface area contributed by atoms with Gasteiger partial charge in [0.2, 0.25) is 10.0 Å². The van der Waals surface area contributed by atoms with E-state index in [-0.39, 0.29) is 5.75 Å². The summed E-state index contributed by atoms with van der Waals surface area (Å²) in [5.74, 6) is -0.0312. The fourth-order valence-electron chi connectivity index (χ4n) is 1.45. The number of hydrogen-bond donors (Lipinski definition) is 1. The van der Waals surface area contributed by atoms with Crippen LogP contribution in [0.25, 0.3) is 0 Å². The van der Waals surface area contributed by atoms with Gasteiger partial charge in [0.1, 0.15) is 0 Å². The lowest BCUT2D eigenvalue weighted by molar-refractivity contribution is 0.600. The van der Waals surface area contributed by atoms with Crippen molar-refractivity contribution >= 4 is 15.7 Å². The van der Waals surface area contributed by atoms with Crippen molar-refractivity contribution in [1.82, 2.24) is 0 Å². The zero-order chi connectivity index (χ0) is 12.1. The topological polar surface area (TPSA) is 46.2 Å². The van der Waals surface area contributed by atoms with E-state index in [0.29, 0.717) is 5.69 Å². The molecule has 0 aliphatic rings. The highest BCUT2D eigenvalue weighted by atomic mass is 32.2. The van der Waals surface area contributed by atoms with Gasteiger partial charge in [-0.15, -0.1) is 0 Å². The molecule has 1 radical (unpaired) electrons. The molecule has 0 fully saturated rings. The van der Waals surface area contributed by atoms with Crippen molar-refractivity contribution in [3.63, 3.8) is 0 Å². The molecule has 0 aliphatic carbocycles. The second-order valence-electron chi connectivity index (χ2n) is 3.62. The lowest BCUT2D eigenvalue weighted by atomic mass is 10.2. The monoisotopic (exact) mass is 246 g/mol. The van der Waals surface area contributed by atoms with Crippen molar-refractivity contribution < 1.29 is 8.42 Å². The zero-order valence-electron chi connectivity index (χ0n) is 9.13. The van der Waals surface area contributed by atoms with E-state index in [1.807, 2.05) is 18.2 Å². The molecule has 2 aromatic rings. The smallest absolute Gasteiger partial charge is 0.236 e. The highest BCUT2D eigenvalue weighted by molar-refractivity contribution is 7.91. The van der Waals surface area contributed by atoms with Gasteiger partial charge in [-0.3, -0.25) is 4.72 Å². The number of anilines is 1. The zero-order valence-corrected chi connectivity index (χ0v) is 9.94. The molecular weight excluding hydrogens is 234 g/mol. The van der Waals surface area contributed by atoms with E-state index in [1.54, 1.807) is 36.4 Å². The predicted molar refractivity (Wildman–Crippen MR) is 68.0 cm³/mol. The summed E-state index contributed by atoms with van der Waals surface area (Å²) in [7, 11) is -3.37. The van der Waals surface area contributed by atoms with E-state index < -0.39 is 10.0 Å². The maximum absolute atomic E-state index is 11.8. The van der Waals surface area contributed by atoms with Crippen LogP contribution in [0.4, 0.5) is 5.69 Å². The van der Waals surface area contributed by atoms with E-state index in [0.717, 1.165) is 5.56 Å². The van der Waals surface area contributed by atoms with Crippen LogP contribution in [-0.2, 0) is 15.8 Å². The molecule has 0 atom stereocenters. The van der Waals surface area contributed by atoms with Gasteiger partial charge in [0.15, 0.2) is 0 Å². The molecule has 0 amide bonds. The van der Waals surface area contributed by atoms with Crippen LogP contribution >= 0.6 is 0 Å². The van der Waals surface area contributed by atoms with Crippen molar-refractivity contribution in [2.24, 2.45) is 0 Å². The SMILES string of the molecule is O=S(=O)(Cc1ccccc1)Nc1[c]cccc1. The molecule has 2 aromatic carbocycles. The second kappa shape index (κ2) is 5.01. The Hall–Kier alpha value is -1.81. The van der Waals surface area contributed by atoms with E-state index in [2.05, 4.69) is 10.8 Å². The van der Waals surface area contributed by atoms with Crippen molar-refractivity contribution in [1.29, 1.82) is 0 Å². The van der Waals surface area contributed by atoms with Gasteiger partial charge in [0.25, 0.3) is 0 Å². The Balaban J connectivity index is 2.11. The highest BCUT2D eigenvalue weighted by Gasteiger charge is 2.10. The average Bonchev–Trinajstić information content (AvgIpc) is 2.30. The highest BCUT2D eigenvalue weighted by Crippen LogP contribution is 2.11. The molecule has 0 aliphatic heterocycles. The van der Waals surface area contributed by atoms with Gasteiger partial charge < -0.3 is 0 Å². The van der Waals surface area contributed by atoms with Gasteiger partial charge in [-0.25, -0.2) is 8.42 Å². The van der Waals surface area contributed by atoms with Gasteiger partial charge in [0, 0.05) is 6.07 Å². The van der Waals surface area contributed by atoms with Crippen molar-refractivity contribution in [3.05, 3.63) is 66.2 Å². The number of hydrogen-bond acceptors (Lipinski definition) is 2. The molecule has 0 heterocycles. The number of nitrogens with one attached hydrogen (secondary N) is 1. The Kier molecular flexibility index (Phi) is 3.44. The van der Waals surface area contributed by atoms with Crippen LogP contribution in [0.5, 0.6) is 0 Å². The summed E-state index contributed by atoms with van der Waals surface area (Å²) in [5, 5.41) is 0. The first kappa shape index (κ1) is 11.7. The molecule has 0 bridgehead atoms. The summed E-state index contributed by atoms with van der Waals surface area (Å²) >= 11 is 0. The second-order valence-corrected chi connectivity index (χ2v) is 5.35. The fraction of sp³-hybridized carbons (Fsp3) is 0.0769. The minimum atomic E-state index is -3.37. The van der Waals surface area contributed by atoms with E-state index in [4.69, 9.17) is 0 Å². The standard InChI is InChI=1S/C13H12NO2S/c15-17(16,11-12-7-3-1-4-8-12)14-13-9-5-2-6-10-13/h1-9,14H,11H2. The lowest BCUT2D eigenvalue weighted by Gasteiger charge is -2.07. The van der Waals surface area contributed by atoms with E-state index >= 15 is 0 Å². The Labute approximate surface area is 101 Å². The number of para-hydroxylation sites is 1. The number of benzene rings is 2. The molecule has 0 spiro atoms. The summed E-state index contributed by atoms with van der Waals surface area (Å²) in [6.07, 6.45) is 0. The first-order chi connectivity index (χ1) is 8.16. The van der Waals surface area contributed by atoms with Crippen LogP contribution in [0.1, 0.15) is 5.56 Å². The van der Waals surface area contributed by atoms with Crippen LogP contribution in [0.3, 0.4) is 0 Å². The summed E-state index contributed by atoms with van der Waals surface area (Å²) in [5.41, 5.74) is 1.22. The Bertz CT molecular complexity index is 517. The van der Waals surface area contributed by atoms with Crippen LogP contribution in [0, 0.1) is 6.07 Å². The Morgan fingerprint density at radius 2 is 1.71 bits per heavy atom. The van der Waals surface area contributed by atoms with Crippen LogP contribution in [-0.4, -0.2) is 8.42 Å². The van der Waals surface area contributed by atoms with E-state index in [9.17, 15) is 8.42 Å². The van der Waals surface area contributed by atoms with Gasteiger partial charge in [-0.1, -0.05) is 48.5 Å². The minimum absolute atomic E-state index is 0.0312. The normalized spacial score (nSPS) is 11.1. The summed E-state index contributed by atoms with van der Waals surface area (Å²) in [6.45, 7) is 0. The lowest BCUT2D eigenvalue weighted by Crippen LogP contribution is -2.14. The first-order valence-electron chi connectivity index (χ1n) is 5.17. The Morgan fingerprint density at radius 1 is 1.00 bits per heavy atom. The molecular formula is C13H12NO2S. The molecule has 4 heteroatoms. The largest absolute Gasteiger partial charge is 0.283 e. The average molecular weight is 246 g/mol. The molecule has 87 valence electrons. The molecule has 3 nitrogen and oxygen atoms in total. The molecule has 2 rings (SSSR count). The maximum atomic E-state index is 11.8. The minimum Gasteiger partial charge on any atom is -0.283 e. The maximum Gasteiger partial charge on any atom is 0.236 e. The van der Waals surface area contributed by atoms with Gasteiger partial charge in [-0.2, -0.15) is 0 Å².